The van der Waals surface area contributed by atoms with E-state index in [9.17, 15) is 9.59 Å². The van der Waals surface area contributed by atoms with Crippen molar-refractivity contribution in [1.82, 2.24) is 4.90 Å². The van der Waals surface area contributed by atoms with E-state index in [4.69, 9.17) is 4.74 Å². The van der Waals surface area contributed by atoms with Gasteiger partial charge in [-0.25, -0.2) is 0 Å². The molecule has 5 heteroatoms. The van der Waals surface area contributed by atoms with E-state index in [1.165, 1.54) is 7.11 Å². The lowest BCUT2D eigenvalue weighted by Gasteiger charge is -2.20. The molecule has 0 N–H and O–H groups in total. The molecule has 0 saturated carbocycles. The summed E-state index contributed by atoms with van der Waals surface area (Å²) < 4.78 is 9.66. The molecular weight excluding hydrogens is 270 g/mol. The highest BCUT2D eigenvalue weighted by Gasteiger charge is 2.14. The van der Waals surface area contributed by atoms with Crippen molar-refractivity contribution in [2.75, 3.05) is 27.3 Å². The number of hydrogen-bond donors (Lipinski definition) is 0. The lowest BCUT2D eigenvalue weighted by molar-refractivity contribution is -0.141. The van der Waals surface area contributed by atoms with Crippen LogP contribution < -0.4 is 4.74 Å². The van der Waals surface area contributed by atoms with Crippen molar-refractivity contribution in [3.63, 3.8) is 0 Å². The normalized spacial score (nSPS) is 9.81. The van der Waals surface area contributed by atoms with Crippen LogP contribution in [0.15, 0.2) is 36.9 Å². The third-order valence-corrected chi connectivity index (χ3v) is 3.03. The first-order chi connectivity index (χ1) is 10.1. The van der Waals surface area contributed by atoms with Crippen molar-refractivity contribution in [2.24, 2.45) is 0 Å². The molecule has 0 bridgehead atoms. The van der Waals surface area contributed by atoms with Crippen LogP contribution >= 0.6 is 0 Å². The third-order valence-electron chi connectivity index (χ3n) is 3.03. The van der Waals surface area contributed by atoms with E-state index in [0.29, 0.717) is 13.1 Å². The molecule has 1 amide bonds. The molecule has 0 spiro atoms. The van der Waals surface area contributed by atoms with Crippen LogP contribution in [0.25, 0.3) is 0 Å². The highest BCUT2D eigenvalue weighted by atomic mass is 16.5. The van der Waals surface area contributed by atoms with Crippen molar-refractivity contribution in [2.45, 2.75) is 12.8 Å². The van der Waals surface area contributed by atoms with E-state index < -0.39 is 0 Å². The Labute approximate surface area is 125 Å². The summed E-state index contributed by atoms with van der Waals surface area (Å²) in [6.45, 7) is 4.37. The Hall–Kier alpha value is -2.30. The second-order valence-corrected chi connectivity index (χ2v) is 4.48. The molecule has 0 aliphatic rings. The fourth-order valence-electron chi connectivity index (χ4n) is 1.83. The Balaban J connectivity index is 2.62. The number of nitrogens with zero attached hydrogens (tertiary/aromatic N) is 1. The van der Waals surface area contributed by atoms with E-state index in [-0.39, 0.29) is 24.7 Å². The van der Waals surface area contributed by atoms with Crippen molar-refractivity contribution in [3.05, 3.63) is 42.5 Å². The fourth-order valence-corrected chi connectivity index (χ4v) is 1.83. The van der Waals surface area contributed by atoms with Gasteiger partial charge < -0.3 is 14.4 Å². The minimum Gasteiger partial charge on any atom is -0.497 e. The average molecular weight is 291 g/mol. The number of ether oxygens (including phenoxy) is 2. The number of amides is 1. The number of rotatable bonds is 8. The summed E-state index contributed by atoms with van der Waals surface area (Å²) in [5, 5.41) is 0. The van der Waals surface area contributed by atoms with Crippen molar-refractivity contribution < 1.29 is 19.1 Å². The highest BCUT2D eigenvalue weighted by Crippen LogP contribution is 2.12. The lowest BCUT2D eigenvalue weighted by Crippen LogP contribution is -2.34. The van der Waals surface area contributed by atoms with Crippen LogP contribution in [0.5, 0.6) is 5.75 Å². The SMILES string of the molecule is C=CCN(CCC(=O)OC)C(=O)Cc1ccc(OC)cc1. The summed E-state index contributed by atoms with van der Waals surface area (Å²) in [4.78, 5) is 25.0. The van der Waals surface area contributed by atoms with Crippen LogP contribution in [-0.4, -0.2) is 44.1 Å². The number of benzene rings is 1. The van der Waals surface area contributed by atoms with Gasteiger partial charge in [-0.15, -0.1) is 6.58 Å². The van der Waals surface area contributed by atoms with Gasteiger partial charge in [-0.05, 0) is 17.7 Å². The van der Waals surface area contributed by atoms with Gasteiger partial charge in [0.15, 0.2) is 0 Å². The largest absolute Gasteiger partial charge is 0.497 e. The summed E-state index contributed by atoms with van der Waals surface area (Å²) in [6, 6.07) is 7.33. The van der Waals surface area contributed by atoms with Gasteiger partial charge in [0.05, 0.1) is 27.1 Å². The first kappa shape index (κ1) is 16.8. The molecule has 0 heterocycles. The fraction of sp³-hybridized carbons (Fsp3) is 0.375. The maximum atomic E-state index is 12.3. The van der Waals surface area contributed by atoms with Gasteiger partial charge >= 0.3 is 5.97 Å². The molecule has 114 valence electrons. The second-order valence-electron chi connectivity index (χ2n) is 4.48. The van der Waals surface area contributed by atoms with E-state index in [0.717, 1.165) is 11.3 Å². The van der Waals surface area contributed by atoms with Crippen LogP contribution in [0.1, 0.15) is 12.0 Å². The van der Waals surface area contributed by atoms with Gasteiger partial charge in [-0.3, -0.25) is 9.59 Å². The Morgan fingerprint density at radius 2 is 1.90 bits per heavy atom. The highest BCUT2D eigenvalue weighted by molar-refractivity contribution is 5.79. The molecule has 1 aromatic rings. The molecule has 0 fully saturated rings. The van der Waals surface area contributed by atoms with Gasteiger partial charge in [0.25, 0.3) is 0 Å². The summed E-state index contributed by atoms with van der Waals surface area (Å²) in [5.74, 6) is 0.366. The van der Waals surface area contributed by atoms with Gasteiger partial charge in [0.2, 0.25) is 5.91 Å². The van der Waals surface area contributed by atoms with Crippen LogP contribution in [0.2, 0.25) is 0 Å². The minimum atomic E-state index is -0.332. The average Bonchev–Trinajstić information content (AvgIpc) is 2.51. The Morgan fingerprint density at radius 1 is 1.24 bits per heavy atom. The Kier molecular flexibility index (Phi) is 7.01. The molecule has 0 atom stereocenters. The Bertz CT molecular complexity index is 482. The minimum absolute atomic E-state index is 0.0519. The summed E-state index contributed by atoms with van der Waals surface area (Å²) in [7, 11) is 2.93. The number of carbonyl (C=O) groups is 2. The van der Waals surface area contributed by atoms with Gasteiger partial charge in [0, 0.05) is 13.1 Å². The number of hydrogen-bond acceptors (Lipinski definition) is 4. The van der Waals surface area contributed by atoms with Crippen LogP contribution in [0.4, 0.5) is 0 Å². The molecule has 0 aromatic heterocycles. The summed E-state index contributed by atoms with van der Waals surface area (Å²) in [5.41, 5.74) is 0.896. The van der Waals surface area contributed by atoms with Gasteiger partial charge in [0.1, 0.15) is 5.75 Å². The molecule has 0 unspecified atom stereocenters. The van der Waals surface area contributed by atoms with Gasteiger partial charge in [-0.1, -0.05) is 18.2 Å². The molecule has 21 heavy (non-hydrogen) atoms. The Morgan fingerprint density at radius 3 is 2.43 bits per heavy atom. The van der Waals surface area contributed by atoms with E-state index in [1.54, 1.807) is 18.1 Å². The van der Waals surface area contributed by atoms with Crippen LogP contribution in [-0.2, 0) is 20.7 Å². The quantitative estimate of drug-likeness (QED) is 0.541. The molecule has 1 aromatic carbocycles. The van der Waals surface area contributed by atoms with Crippen LogP contribution in [0, 0.1) is 0 Å². The van der Waals surface area contributed by atoms with E-state index >= 15 is 0 Å². The predicted octanol–water partition coefficient (Wildman–Crippen LogP) is 1.82. The first-order valence-electron chi connectivity index (χ1n) is 6.69. The standard InChI is InChI=1S/C16H21NO4/c1-4-10-17(11-9-16(19)21-3)15(18)12-13-5-7-14(20-2)8-6-13/h4-8H,1,9-12H2,2-3H3. The van der Waals surface area contributed by atoms with Crippen molar-refractivity contribution in [3.8, 4) is 5.75 Å². The molecule has 1 rings (SSSR count). The number of esters is 1. The zero-order chi connectivity index (χ0) is 15.7. The zero-order valence-corrected chi connectivity index (χ0v) is 12.5. The van der Waals surface area contributed by atoms with E-state index in [2.05, 4.69) is 11.3 Å². The maximum absolute atomic E-state index is 12.3. The molecule has 0 aliphatic carbocycles. The topological polar surface area (TPSA) is 55.8 Å². The second kappa shape index (κ2) is 8.79. The first-order valence-corrected chi connectivity index (χ1v) is 6.69. The summed E-state index contributed by atoms with van der Waals surface area (Å²) >= 11 is 0. The monoisotopic (exact) mass is 291 g/mol. The van der Waals surface area contributed by atoms with E-state index in [1.807, 2.05) is 24.3 Å². The third kappa shape index (κ3) is 5.69. The molecule has 5 nitrogen and oxygen atoms in total. The van der Waals surface area contributed by atoms with Crippen LogP contribution in [0.3, 0.4) is 0 Å². The van der Waals surface area contributed by atoms with Crippen molar-refractivity contribution >= 4 is 11.9 Å². The smallest absolute Gasteiger partial charge is 0.307 e. The zero-order valence-electron chi connectivity index (χ0n) is 12.5. The summed E-state index contributed by atoms with van der Waals surface area (Å²) in [6.07, 6.45) is 2.10. The lowest BCUT2D eigenvalue weighted by atomic mass is 10.1. The maximum Gasteiger partial charge on any atom is 0.307 e. The number of methoxy groups -OCH3 is 2. The molecule has 0 saturated heterocycles. The molecular formula is C16H21NO4. The van der Waals surface area contributed by atoms with Crippen molar-refractivity contribution in [1.29, 1.82) is 0 Å². The molecule has 0 radical (unpaired) electrons. The predicted molar refractivity (Wildman–Crippen MR) is 80.1 cm³/mol. The molecule has 0 aliphatic heterocycles. The van der Waals surface area contributed by atoms with Gasteiger partial charge in [-0.2, -0.15) is 0 Å². The number of carbonyl (C=O) groups excluding carboxylic acids is 2.